The number of likely N-dealkylation sites (tertiary alicyclic amines) is 1. The van der Waals surface area contributed by atoms with Gasteiger partial charge in [-0.05, 0) is 43.6 Å². The van der Waals surface area contributed by atoms with E-state index >= 15 is 0 Å². The Bertz CT molecular complexity index is 229. The molecule has 1 aliphatic carbocycles. The summed E-state index contributed by atoms with van der Waals surface area (Å²) in [6.45, 7) is 9.62. The predicted molar refractivity (Wildman–Crippen MR) is 69.3 cm³/mol. The summed E-state index contributed by atoms with van der Waals surface area (Å²) in [4.78, 5) is 2.73. The highest BCUT2D eigenvalue weighted by Gasteiger charge is 2.33. The van der Waals surface area contributed by atoms with Crippen molar-refractivity contribution in [2.24, 2.45) is 23.5 Å². The van der Waals surface area contributed by atoms with Crippen LogP contribution in [0.1, 0.15) is 46.5 Å². The van der Waals surface area contributed by atoms with Gasteiger partial charge in [0.25, 0.3) is 0 Å². The van der Waals surface area contributed by atoms with Crippen LogP contribution >= 0.6 is 0 Å². The minimum Gasteiger partial charge on any atom is -0.327 e. The van der Waals surface area contributed by atoms with Crippen molar-refractivity contribution < 1.29 is 0 Å². The summed E-state index contributed by atoms with van der Waals surface area (Å²) in [6, 6.07) is 1.27. The molecule has 0 bridgehead atoms. The molecular formula is C14H28N2. The van der Waals surface area contributed by atoms with Gasteiger partial charge in [-0.2, -0.15) is 0 Å². The molecule has 0 aromatic carbocycles. The number of hydrogen-bond acceptors (Lipinski definition) is 2. The number of piperidine rings is 1. The largest absolute Gasteiger partial charge is 0.327 e. The van der Waals surface area contributed by atoms with Crippen molar-refractivity contribution in [3.8, 4) is 0 Å². The lowest BCUT2D eigenvalue weighted by Crippen LogP contribution is -2.52. The fourth-order valence-corrected chi connectivity index (χ4v) is 3.51. The van der Waals surface area contributed by atoms with E-state index in [4.69, 9.17) is 5.73 Å². The molecule has 1 heterocycles. The third-order valence-corrected chi connectivity index (χ3v) is 4.89. The minimum absolute atomic E-state index is 0.438. The van der Waals surface area contributed by atoms with Crippen LogP contribution in [0.3, 0.4) is 0 Å². The molecule has 0 radical (unpaired) electrons. The van der Waals surface area contributed by atoms with Gasteiger partial charge in [0.2, 0.25) is 0 Å². The summed E-state index contributed by atoms with van der Waals surface area (Å²) in [6.07, 6.45) is 5.45. The van der Waals surface area contributed by atoms with E-state index in [1.54, 1.807) is 0 Å². The van der Waals surface area contributed by atoms with E-state index in [1.807, 2.05) is 0 Å². The first-order chi connectivity index (χ1) is 7.58. The van der Waals surface area contributed by atoms with Gasteiger partial charge in [0, 0.05) is 18.6 Å². The Labute approximate surface area is 101 Å². The Kier molecular flexibility index (Phi) is 3.91. The van der Waals surface area contributed by atoms with Gasteiger partial charge in [-0.1, -0.05) is 27.2 Å². The molecule has 2 aliphatic rings. The number of rotatable bonds is 1. The highest BCUT2D eigenvalue weighted by Crippen LogP contribution is 2.33. The van der Waals surface area contributed by atoms with Crippen LogP contribution < -0.4 is 5.73 Å². The summed E-state index contributed by atoms with van der Waals surface area (Å²) in [7, 11) is 0. The molecule has 2 rings (SSSR count). The van der Waals surface area contributed by atoms with Crippen LogP contribution in [0.15, 0.2) is 0 Å². The molecular weight excluding hydrogens is 196 g/mol. The Morgan fingerprint density at radius 3 is 2.44 bits per heavy atom. The van der Waals surface area contributed by atoms with Crippen molar-refractivity contribution >= 4 is 0 Å². The van der Waals surface area contributed by atoms with Crippen LogP contribution in [-0.4, -0.2) is 30.1 Å². The van der Waals surface area contributed by atoms with Gasteiger partial charge >= 0.3 is 0 Å². The van der Waals surface area contributed by atoms with Gasteiger partial charge < -0.3 is 5.73 Å². The summed E-state index contributed by atoms with van der Waals surface area (Å²) >= 11 is 0. The van der Waals surface area contributed by atoms with Crippen molar-refractivity contribution in [2.75, 3.05) is 13.1 Å². The maximum Gasteiger partial charge on any atom is 0.0123 e. The van der Waals surface area contributed by atoms with Crippen molar-refractivity contribution in [3.63, 3.8) is 0 Å². The summed E-state index contributed by atoms with van der Waals surface area (Å²) in [5.74, 6) is 2.49. The predicted octanol–water partition coefficient (Wildman–Crippen LogP) is 2.48. The quantitative estimate of drug-likeness (QED) is 0.741. The van der Waals surface area contributed by atoms with Crippen LogP contribution in [0.4, 0.5) is 0 Å². The third-order valence-electron chi connectivity index (χ3n) is 4.89. The maximum atomic E-state index is 6.11. The van der Waals surface area contributed by atoms with Gasteiger partial charge in [0.05, 0.1) is 0 Å². The van der Waals surface area contributed by atoms with Crippen LogP contribution in [-0.2, 0) is 0 Å². The molecule has 5 atom stereocenters. The Morgan fingerprint density at radius 1 is 1.00 bits per heavy atom. The molecule has 0 amide bonds. The normalized spacial score (nSPS) is 46.9. The zero-order valence-corrected chi connectivity index (χ0v) is 11.2. The first kappa shape index (κ1) is 12.4. The topological polar surface area (TPSA) is 29.3 Å². The molecule has 94 valence electrons. The van der Waals surface area contributed by atoms with E-state index in [0.717, 1.165) is 17.9 Å². The molecule has 2 fully saturated rings. The standard InChI is InChI=1S/C14H28N2/c1-10-4-5-11(2)14(8-10)16-7-6-13(15)12(3)9-16/h10-14H,4-9,15H2,1-3H3. The molecule has 0 spiro atoms. The van der Waals surface area contributed by atoms with Crippen LogP contribution in [0, 0.1) is 17.8 Å². The molecule has 16 heavy (non-hydrogen) atoms. The average molecular weight is 224 g/mol. The summed E-state index contributed by atoms with van der Waals surface area (Å²) in [5, 5.41) is 0. The van der Waals surface area contributed by atoms with E-state index in [9.17, 15) is 0 Å². The minimum atomic E-state index is 0.438. The smallest absolute Gasteiger partial charge is 0.0123 e. The second-order valence-corrected chi connectivity index (χ2v) is 6.39. The Hall–Kier alpha value is -0.0800. The molecule has 2 heteroatoms. The van der Waals surface area contributed by atoms with Crippen molar-refractivity contribution in [1.82, 2.24) is 4.90 Å². The van der Waals surface area contributed by atoms with Gasteiger partial charge in [0.1, 0.15) is 0 Å². The van der Waals surface area contributed by atoms with Crippen LogP contribution in [0.5, 0.6) is 0 Å². The van der Waals surface area contributed by atoms with Crippen LogP contribution in [0.2, 0.25) is 0 Å². The van der Waals surface area contributed by atoms with Crippen molar-refractivity contribution in [3.05, 3.63) is 0 Å². The molecule has 0 aromatic heterocycles. The van der Waals surface area contributed by atoms with Gasteiger partial charge in [-0.25, -0.2) is 0 Å². The SMILES string of the molecule is CC1CCC(C)C(N2CCC(N)C(C)C2)C1. The van der Waals surface area contributed by atoms with Gasteiger partial charge in [0.15, 0.2) is 0 Å². The van der Waals surface area contributed by atoms with Gasteiger partial charge in [-0.3, -0.25) is 4.90 Å². The average Bonchev–Trinajstić information content (AvgIpc) is 2.26. The van der Waals surface area contributed by atoms with E-state index in [-0.39, 0.29) is 0 Å². The number of hydrogen-bond donors (Lipinski definition) is 1. The fourth-order valence-electron chi connectivity index (χ4n) is 3.51. The fraction of sp³-hybridized carbons (Fsp3) is 1.00. The molecule has 2 nitrogen and oxygen atoms in total. The second kappa shape index (κ2) is 5.05. The first-order valence-corrected chi connectivity index (χ1v) is 7.07. The maximum absolute atomic E-state index is 6.11. The zero-order chi connectivity index (χ0) is 11.7. The number of nitrogens with zero attached hydrogens (tertiary/aromatic N) is 1. The monoisotopic (exact) mass is 224 g/mol. The van der Waals surface area contributed by atoms with Gasteiger partial charge in [-0.15, -0.1) is 0 Å². The lowest BCUT2D eigenvalue weighted by molar-refractivity contribution is 0.0496. The molecule has 1 aliphatic heterocycles. The zero-order valence-electron chi connectivity index (χ0n) is 11.2. The lowest BCUT2D eigenvalue weighted by Gasteiger charge is -2.45. The summed E-state index contributed by atoms with van der Waals surface area (Å²) < 4.78 is 0. The summed E-state index contributed by atoms with van der Waals surface area (Å²) in [5.41, 5.74) is 6.11. The second-order valence-electron chi connectivity index (χ2n) is 6.39. The van der Waals surface area contributed by atoms with E-state index in [1.165, 1.54) is 38.8 Å². The number of nitrogens with two attached hydrogens (primary N) is 1. The molecule has 5 unspecified atom stereocenters. The van der Waals surface area contributed by atoms with E-state index < -0.39 is 0 Å². The molecule has 1 saturated heterocycles. The highest BCUT2D eigenvalue weighted by molar-refractivity contribution is 4.89. The Balaban J connectivity index is 1.95. The molecule has 0 aromatic rings. The van der Waals surface area contributed by atoms with Crippen molar-refractivity contribution in [1.29, 1.82) is 0 Å². The highest BCUT2D eigenvalue weighted by atomic mass is 15.2. The molecule has 1 saturated carbocycles. The van der Waals surface area contributed by atoms with Crippen LogP contribution in [0.25, 0.3) is 0 Å². The lowest BCUT2D eigenvalue weighted by atomic mass is 9.78. The Morgan fingerprint density at radius 2 is 1.75 bits per heavy atom. The molecule has 2 N–H and O–H groups in total. The third kappa shape index (κ3) is 2.60. The van der Waals surface area contributed by atoms with Crippen molar-refractivity contribution in [2.45, 2.75) is 58.5 Å². The van der Waals surface area contributed by atoms with E-state index in [0.29, 0.717) is 12.0 Å². The van der Waals surface area contributed by atoms with E-state index in [2.05, 4.69) is 25.7 Å². The first-order valence-electron chi connectivity index (χ1n) is 7.07.